The molecule has 0 N–H and O–H groups in total. The second kappa shape index (κ2) is 4.49. The summed E-state index contributed by atoms with van der Waals surface area (Å²) in [5, 5.41) is 0. The van der Waals surface area contributed by atoms with Crippen LogP contribution in [0.1, 0.15) is 5.56 Å². The number of hydrogen-bond donors (Lipinski definition) is 0. The van der Waals surface area contributed by atoms with E-state index in [-0.39, 0.29) is 0 Å². The molecule has 0 aliphatic rings. The number of hydrogen-bond acceptors (Lipinski definition) is 0. The van der Waals surface area contributed by atoms with Gasteiger partial charge in [0, 0.05) is 4.47 Å². The van der Waals surface area contributed by atoms with Crippen LogP contribution in [0, 0.1) is 0 Å². The van der Waals surface area contributed by atoms with Crippen molar-refractivity contribution in [2.75, 3.05) is 0 Å². The van der Waals surface area contributed by atoms with E-state index >= 15 is 0 Å². The molecule has 5 heteroatoms. The molecule has 1 aromatic carbocycles. The Balaban J connectivity index is 2.93. The monoisotopic (exact) mass is 328 g/mol. The van der Waals surface area contributed by atoms with E-state index in [4.69, 9.17) is 0 Å². The highest BCUT2D eigenvalue weighted by atomic mass is 79.9. The summed E-state index contributed by atoms with van der Waals surface area (Å²) in [6.07, 6.45) is -3.29. The summed E-state index contributed by atoms with van der Waals surface area (Å²) in [5.74, 6) is 0. The van der Waals surface area contributed by atoms with Gasteiger partial charge in [-0.15, -0.1) is 0 Å². The second-order valence-electron chi connectivity index (χ2n) is 2.54. The van der Waals surface area contributed by atoms with Crippen molar-refractivity contribution in [3.05, 3.63) is 38.8 Å². The Morgan fingerprint density at radius 2 is 1.64 bits per heavy atom. The minimum atomic E-state index is -4.33. The van der Waals surface area contributed by atoms with Crippen molar-refractivity contribution in [3.63, 3.8) is 0 Å². The van der Waals surface area contributed by atoms with E-state index in [0.29, 0.717) is 5.56 Å². The predicted octanol–water partition coefficient (Wildman–Crippen LogP) is 4.75. The summed E-state index contributed by atoms with van der Waals surface area (Å²) < 4.78 is 36.3. The van der Waals surface area contributed by atoms with Gasteiger partial charge < -0.3 is 0 Å². The van der Waals surface area contributed by atoms with Crippen LogP contribution in [0.15, 0.2) is 33.2 Å². The van der Waals surface area contributed by atoms with E-state index in [2.05, 4.69) is 31.9 Å². The van der Waals surface area contributed by atoms with Crippen LogP contribution in [0.5, 0.6) is 0 Å². The van der Waals surface area contributed by atoms with Crippen LogP contribution < -0.4 is 0 Å². The smallest absolute Gasteiger partial charge is 0.166 e. The van der Waals surface area contributed by atoms with Gasteiger partial charge in [-0.1, -0.05) is 28.1 Å². The lowest BCUT2D eigenvalue weighted by Gasteiger charge is -2.04. The first-order chi connectivity index (χ1) is 6.39. The zero-order chi connectivity index (χ0) is 10.8. The zero-order valence-electron chi connectivity index (χ0n) is 6.78. The number of rotatable bonds is 1. The molecule has 0 bridgehead atoms. The van der Waals surface area contributed by atoms with Crippen LogP contribution in [0.25, 0.3) is 6.08 Å². The fourth-order valence-electron chi connectivity index (χ4n) is 0.787. The van der Waals surface area contributed by atoms with Gasteiger partial charge in [-0.25, -0.2) is 0 Å². The molecule has 0 unspecified atom stereocenters. The summed E-state index contributed by atoms with van der Waals surface area (Å²) in [5.41, 5.74) is 0.498. The van der Waals surface area contributed by atoms with Crippen LogP contribution >= 0.6 is 31.9 Å². The summed E-state index contributed by atoms with van der Waals surface area (Å²) in [6.45, 7) is 0. The van der Waals surface area contributed by atoms with Crippen molar-refractivity contribution < 1.29 is 13.2 Å². The molecular weight excluding hydrogens is 325 g/mol. The molecule has 0 saturated heterocycles. The first-order valence-electron chi connectivity index (χ1n) is 3.59. The summed E-state index contributed by atoms with van der Waals surface area (Å²) in [7, 11) is 0. The Labute approximate surface area is 96.1 Å². The molecule has 0 saturated carbocycles. The highest BCUT2D eigenvalue weighted by molar-refractivity contribution is 9.12. The molecule has 0 atom stereocenters. The molecule has 0 fully saturated rings. The van der Waals surface area contributed by atoms with Gasteiger partial charge in [0.25, 0.3) is 0 Å². The maximum Gasteiger partial charge on any atom is 0.422 e. The van der Waals surface area contributed by atoms with Crippen LogP contribution in [0.2, 0.25) is 0 Å². The minimum absolute atomic E-state index is 0.498. The van der Waals surface area contributed by atoms with Crippen LogP contribution in [0.4, 0.5) is 13.2 Å². The number of allylic oxidation sites excluding steroid dienone is 1. The van der Waals surface area contributed by atoms with Gasteiger partial charge in [-0.05, 0) is 39.7 Å². The number of alkyl halides is 3. The minimum Gasteiger partial charge on any atom is -0.166 e. The van der Waals surface area contributed by atoms with Crippen LogP contribution in [-0.2, 0) is 0 Å². The lowest BCUT2D eigenvalue weighted by molar-refractivity contribution is -0.0820. The summed E-state index contributed by atoms with van der Waals surface area (Å²) in [4.78, 5) is 0. The average molecular weight is 330 g/mol. The van der Waals surface area contributed by atoms with Crippen molar-refractivity contribution in [1.29, 1.82) is 0 Å². The third-order valence-electron chi connectivity index (χ3n) is 1.43. The summed E-state index contributed by atoms with van der Waals surface area (Å²) in [6, 6.07) is 6.55. The molecule has 0 amide bonds. The van der Waals surface area contributed by atoms with Crippen molar-refractivity contribution in [1.82, 2.24) is 0 Å². The van der Waals surface area contributed by atoms with Crippen LogP contribution in [0.3, 0.4) is 0 Å². The number of benzene rings is 1. The molecule has 0 aliphatic heterocycles. The Hall–Kier alpha value is -0.290. The predicted molar refractivity (Wildman–Crippen MR) is 57.1 cm³/mol. The summed E-state index contributed by atoms with van der Waals surface area (Å²) >= 11 is 5.67. The Morgan fingerprint density at radius 1 is 1.14 bits per heavy atom. The van der Waals surface area contributed by atoms with Gasteiger partial charge in [-0.2, -0.15) is 13.2 Å². The molecular formula is C9H5Br2F3. The standard InChI is InChI=1S/C9H5Br2F3/c10-7-3-1-6(2-4-7)5-8(11)9(12,13)14/h1-5H/b8-5-. The first kappa shape index (κ1) is 11.8. The third-order valence-corrected chi connectivity index (χ3v) is 2.64. The average Bonchev–Trinajstić information content (AvgIpc) is 2.07. The molecule has 0 spiro atoms. The third kappa shape index (κ3) is 3.46. The van der Waals surface area contributed by atoms with Crippen molar-refractivity contribution in [3.8, 4) is 0 Å². The normalized spacial score (nSPS) is 13.1. The molecule has 0 heterocycles. The largest absolute Gasteiger partial charge is 0.422 e. The number of halogens is 5. The quantitative estimate of drug-likeness (QED) is 0.697. The molecule has 0 aliphatic carbocycles. The van der Waals surface area contributed by atoms with Crippen LogP contribution in [-0.4, -0.2) is 6.18 Å². The topological polar surface area (TPSA) is 0 Å². The van der Waals surface area contributed by atoms with Gasteiger partial charge in [0.05, 0.1) is 4.48 Å². The highest BCUT2D eigenvalue weighted by Gasteiger charge is 2.31. The second-order valence-corrected chi connectivity index (χ2v) is 4.31. The Bertz CT molecular complexity index is 338. The van der Waals surface area contributed by atoms with Crippen molar-refractivity contribution >= 4 is 37.9 Å². The first-order valence-corrected chi connectivity index (χ1v) is 5.18. The van der Waals surface area contributed by atoms with E-state index < -0.39 is 10.7 Å². The lowest BCUT2D eigenvalue weighted by atomic mass is 10.2. The van der Waals surface area contributed by atoms with E-state index in [1.165, 1.54) is 0 Å². The van der Waals surface area contributed by atoms with E-state index in [1.54, 1.807) is 24.3 Å². The fourth-order valence-corrected chi connectivity index (χ4v) is 1.32. The van der Waals surface area contributed by atoms with Crippen molar-refractivity contribution in [2.45, 2.75) is 6.18 Å². The van der Waals surface area contributed by atoms with Crippen molar-refractivity contribution in [2.24, 2.45) is 0 Å². The molecule has 14 heavy (non-hydrogen) atoms. The van der Waals surface area contributed by atoms with E-state index in [0.717, 1.165) is 10.5 Å². The highest BCUT2D eigenvalue weighted by Crippen LogP contribution is 2.31. The maximum atomic E-state index is 12.1. The molecule has 1 aromatic rings. The Morgan fingerprint density at radius 3 is 2.07 bits per heavy atom. The van der Waals surface area contributed by atoms with E-state index in [1.807, 2.05) is 0 Å². The maximum absolute atomic E-state index is 12.1. The van der Waals surface area contributed by atoms with Gasteiger partial charge in [0.1, 0.15) is 0 Å². The molecule has 76 valence electrons. The lowest BCUT2D eigenvalue weighted by Crippen LogP contribution is -2.06. The van der Waals surface area contributed by atoms with Gasteiger partial charge in [-0.3, -0.25) is 0 Å². The van der Waals surface area contributed by atoms with Gasteiger partial charge in [0.2, 0.25) is 0 Å². The fraction of sp³-hybridized carbons (Fsp3) is 0.111. The molecule has 0 aromatic heterocycles. The Kier molecular flexibility index (Phi) is 3.78. The van der Waals surface area contributed by atoms with Gasteiger partial charge in [0.15, 0.2) is 0 Å². The molecule has 1 rings (SSSR count). The van der Waals surface area contributed by atoms with Gasteiger partial charge >= 0.3 is 6.18 Å². The molecule has 0 nitrogen and oxygen atoms in total. The van der Waals surface area contributed by atoms with E-state index in [9.17, 15) is 13.2 Å². The SMILES string of the molecule is FC(F)(F)/C(Br)=C/c1ccc(Br)cc1. The molecule has 0 radical (unpaired) electrons. The zero-order valence-corrected chi connectivity index (χ0v) is 9.95.